The fourth-order valence-corrected chi connectivity index (χ4v) is 3.20. The van der Waals surface area contributed by atoms with E-state index in [9.17, 15) is 0 Å². The van der Waals surface area contributed by atoms with Crippen LogP contribution in [0.1, 0.15) is 19.4 Å². The van der Waals surface area contributed by atoms with Crippen molar-refractivity contribution in [3.63, 3.8) is 0 Å². The Bertz CT molecular complexity index is 1020. The third-order valence-corrected chi connectivity index (χ3v) is 4.69. The summed E-state index contributed by atoms with van der Waals surface area (Å²) in [4.78, 5) is 8.78. The van der Waals surface area contributed by atoms with Gasteiger partial charge < -0.3 is 23.7 Å². The maximum Gasteiger partial charge on any atom is 0.181 e. The molecule has 0 spiro atoms. The minimum atomic E-state index is 0.391. The molecule has 0 aliphatic carbocycles. The van der Waals surface area contributed by atoms with E-state index in [1.165, 1.54) is 18.4 Å². The van der Waals surface area contributed by atoms with Gasteiger partial charge in [-0.05, 0) is 24.3 Å². The Morgan fingerprint density at radius 2 is 1.81 bits per heavy atom. The summed E-state index contributed by atoms with van der Waals surface area (Å²) in [5.74, 6) is 5.13. The number of terminal acetylenes is 1. The first-order valence-corrected chi connectivity index (χ1v) is 11.2. The number of ether oxygens (including phenoxy) is 3. The Morgan fingerprint density at radius 1 is 1.00 bits per heavy atom. The highest BCUT2D eigenvalue weighted by atomic mass is 32.2. The Labute approximate surface area is 194 Å². The lowest BCUT2D eigenvalue weighted by molar-refractivity contribution is 0.145. The number of nitrogens with zero attached hydrogens (tertiary/aromatic N) is 2. The van der Waals surface area contributed by atoms with Crippen LogP contribution in [0, 0.1) is 12.3 Å². The Kier molecular flexibility index (Phi) is 11.2. The number of anilines is 2. The molecule has 0 atom stereocenters. The SMILES string of the molecule is C#Cc1cccc(Nc2ncnc3cc(OSCCOC)c(OCCOC)cc23)c1.CC. The van der Waals surface area contributed by atoms with E-state index in [4.69, 9.17) is 24.8 Å². The van der Waals surface area contributed by atoms with E-state index in [0.29, 0.717) is 42.9 Å². The lowest BCUT2D eigenvalue weighted by atomic mass is 10.2. The minimum absolute atomic E-state index is 0.391. The van der Waals surface area contributed by atoms with Crippen LogP contribution in [-0.2, 0) is 9.47 Å². The Morgan fingerprint density at radius 3 is 2.56 bits per heavy atom. The molecular weight excluding hydrogens is 426 g/mol. The molecule has 1 heterocycles. The van der Waals surface area contributed by atoms with Crippen molar-refractivity contribution in [1.29, 1.82) is 0 Å². The highest BCUT2D eigenvalue weighted by molar-refractivity contribution is 7.95. The zero-order chi connectivity index (χ0) is 23.2. The lowest BCUT2D eigenvalue weighted by Gasteiger charge is -2.14. The molecule has 0 fully saturated rings. The topological polar surface area (TPSA) is 74.7 Å². The van der Waals surface area contributed by atoms with E-state index in [-0.39, 0.29) is 0 Å². The third kappa shape index (κ3) is 7.31. The van der Waals surface area contributed by atoms with Gasteiger partial charge in [0.25, 0.3) is 0 Å². The summed E-state index contributed by atoms with van der Waals surface area (Å²) in [6.45, 7) is 5.44. The molecule has 0 bridgehead atoms. The van der Waals surface area contributed by atoms with E-state index >= 15 is 0 Å². The van der Waals surface area contributed by atoms with Crippen LogP contribution < -0.4 is 14.2 Å². The molecular formula is C24H29N3O4S. The van der Waals surface area contributed by atoms with Crippen LogP contribution in [-0.4, -0.2) is 49.8 Å². The fourth-order valence-electron chi connectivity index (χ4n) is 2.62. The van der Waals surface area contributed by atoms with Crippen LogP contribution in [0.4, 0.5) is 11.5 Å². The van der Waals surface area contributed by atoms with Crippen molar-refractivity contribution >= 4 is 34.5 Å². The first-order valence-electron chi connectivity index (χ1n) is 10.3. The average molecular weight is 456 g/mol. The highest BCUT2D eigenvalue weighted by Crippen LogP contribution is 2.36. The van der Waals surface area contributed by atoms with Crippen molar-refractivity contribution < 1.29 is 18.4 Å². The molecule has 1 aromatic heterocycles. The van der Waals surface area contributed by atoms with Gasteiger partial charge in [0.05, 0.1) is 36.5 Å². The standard InChI is InChI=1S/C22H23N3O4S.C2H6/c1-4-16-6-5-7-17(12-16)25-22-18-13-20(28-9-8-26-2)21(29-30-11-10-27-3)14-19(18)23-15-24-22;1-2/h1,5-7,12-15H,8-11H2,2-3H3,(H,23,24,25);1-2H3. The maximum atomic E-state index is 5.88. The summed E-state index contributed by atoms with van der Waals surface area (Å²) in [6.07, 6.45) is 7.01. The van der Waals surface area contributed by atoms with Gasteiger partial charge >= 0.3 is 0 Å². The zero-order valence-corrected chi connectivity index (χ0v) is 19.7. The molecule has 0 amide bonds. The smallest absolute Gasteiger partial charge is 0.181 e. The highest BCUT2D eigenvalue weighted by Gasteiger charge is 2.13. The number of nitrogens with one attached hydrogen (secondary N) is 1. The Hall–Kier alpha value is -2.99. The zero-order valence-electron chi connectivity index (χ0n) is 18.9. The van der Waals surface area contributed by atoms with E-state index in [1.807, 2.05) is 50.2 Å². The van der Waals surface area contributed by atoms with Gasteiger partial charge in [0, 0.05) is 36.9 Å². The van der Waals surface area contributed by atoms with E-state index in [1.54, 1.807) is 14.2 Å². The molecule has 2 aromatic carbocycles. The van der Waals surface area contributed by atoms with Gasteiger partial charge in [-0.2, -0.15) is 0 Å². The lowest BCUT2D eigenvalue weighted by Crippen LogP contribution is -2.06. The van der Waals surface area contributed by atoms with Gasteiger partial charge in [-0.15, -0.1) is 6.42 Å². The number of aromatic nitrogens is 2. The molecule has 32 heavy (non-hydrogen) atoms. The first kappa shape index (κ1) is 25.3. The number of hydrogen-bond acceptors (Lipinski definition) is 8. The number of benzene rings is 2. The molecule has 0 unspecified atom stereocenters. The monoisotopic (exact) mass is 455 g/mol. The van der Waals surface area contributed by atoms with Crippen LogP contribution in [0.15, 0.2) is 42.7 Å². The summed E-state index contributed by atoms with van der Waals surface area (Å²) in [7, 11) is 3.28. The van der Waals surface area contributed by atoms with Gasteiger partial charge in [-0.1, -0.05) is 25.8 Å². The first-order chi connectivity index (χ1) is 15.7. The maximum absolute atomic E-state index is 5.88. The minimum Gasteiger partial charge on any atom is -0.487 e. The molecule has 1 N–H and O–H groups in total. The van der Waals surface area contributed by atoms with Crippen LogP contribution in [0.3, 0.4) is 0 Å². The van der Waals surface area contributed by atoms with E-state index in [0.717, 1.165) is 22.2 Å². The number of rotatable bonds is 11. The summed E-state index contributed by atoms with van der Waals surface area (Å²) < 4.78 is 21.9. The molecule has 0 aliphatic rings. The second-order valence-electron chi connectivity index (χ2n) is 6.13. The molecule has 3 aromatic rings. The molecule has 170 valence electrons. The van der Waals surface area contributed by atoms with Crippen LogP contribution in [0.25, 0.3) is 10.9 Å². The van der Waals surface area contributed by atoms with Gasteiger partial charge in [0.15, 0.2) is 11.5 Å². The van der Waals surface area contributed by atoms with E-state index in [2.05, 4.69) is 21.2 Å². The van der Waals surface area contributed by atoms with Crippen LogP contribution >= 0.6 is 12.0 Å². The molecule has 0 saturated carbocycles. The molecule has 0 saturated heterocycles. The third-order valence-electron chi connectivity index (χ3n) is 4.06. The van der Waals surface area contributed by atoms with Gasteiger partial charge in [0.1, 0.15) is 18.8 Å². The van der Waals surface area contributed by atoms with Crippen LogP contribution in [0.2, 0.25) is 0 Å². The van der Waals surface area contributed by atoms with Gasteiger partial charge in [-0.3, -0.25) is 0 Å². The second-order valence-corrected chi connectivity index (χ2v) is 6.94. The largest absolute Gasteiger partial charge is 0.487 e. The van der Waals surface area contributed by atoms with Crippen LogP contribution in [0.5, 0.6) is 11.5 Å². The quantitative estimate of drug-likeness (QED) is 0.244. The summed E-state index contributed by atoms with van der Waals surface area (Å²) >= 11 is 1.29. The fraction of sp³-hybridized carbons (Fsp3) is 0.333. The summed E-state index contributed by atoms with van der Waals surface area (Å²) in [5.41, 5.74) is 2.34. The molecule has 8 heteroatoms. The predicted molar refractivity (Wildman–Crippen MR) is 131 cm³/mol. The second kappa shape index (κ2) is 14.1. The van der Waals surface area contributed by atoms with Crippen molar-refractivity contribution in [3.05, 3.63) is 48.3 Å². The Balaban J connectivity index is 0.00000176. The molecule has 0 aliphatic heterocycles. The van der Waals surface area contributed by atoms with Crippen molar-refractivity contribution in [3.8, 4) is 23.8 Å². The predicted octanol–water partition coefficient (Wildman–Crippen LogP) is 5.08. The molecule has 3 rings (SSSR count). The molecule has 0 radical (unpaired) electrons. The van der Waals surface area contributed by atoms with E-state index < -0.39 is 0 Å². The summed E-state index contributed by atoms with van der Waals surface area (Å²) in [6, 6.07) is 11.3. The van der Waals surface area contributed by atoms with Gasteiger partial charge in [-0.25, -0.2) is 9.97 Å². The van der Waals surface area contributed by atoms with Gasteiger partial charge in [0.2, 0.25) is 0 Å². The van der Waals surface area contributed by atoms with Crippen molar-refractivity contribution in [2.24, 2.45) is 0 Å². The van der Waals surface area contributed by atoms with Crippen molar-refractivity contribution in [1.82, 2.24) is 9.97 Å². The molecule has 7 nitrogen and oxygen atoms in total. The number of methoxy groups -OCH3 is 2. The van der Waals surface area contributed by atoms with Crippen molar-refractivity contribution in [2.75, 3.05) is 45.1 Å². The summed E-state index contributed by atoms with van der Waals surface area (Å²) in [5, 5.41) is 4.10. The average Bonchev–Trinajstić information content (AvgIpc) is 2.84. The number of fused-ring (bicyclic) bond motifs is 1. The number of hydrogen-bond donors (Lipinski definition) is 1. The normalized spacial score (nSPS) is 10.1. The van der Waals surface area contributed by atoms with Crippen molar-refractivity contribution in [2.45, 2.75) is 13.8 Å².